The van der Waals surface area contributed by atoms with E-state index in [9.17, 15) is 15.0 Å². The van der Waals surface area contributed by atoms with Gasteiger partial charge >= 0.3 is 0 Å². The van der Waals surface area contributed by atoms with Gasteiger partial charge in [-0.05, 0) is 19.8 Å². The summed E-state index contributed by atoms with van der Waals surface area (Å²) in [5.74, 6) is 0. The Morgan fingerprint density at radius 1 is 1.55 bits per heavy atom. The van der Waals surface area contributed by atoms with Gasteiger partial charge in [-0.2, -0.15) is 0 Å². The second kappa shape index (κ2) is 2.70. The van der Waals surface area contributed by atoms with E-state index in [-0.39, 0.29) is 0 Å². The first-order valence-corrected chi connectivity index (χ1v) is 3.70. The Hall–Kier alpha value is -0.770. The number of aliphatic hydroxyl groups is 1. The summed E-state index contributed by atoms with van der Waals surface area (Å²) in [5, 5.41) is 19.7. The summed E-state index contributed by atoms with van der Waals surface area (Å²) in [6.07, 6.45) is -0.136. The molecule has 0 aliphatic carbocycles. The molecule has 1 heterocycles. The Labute approximate surface area is 65.4 Å². The highest BCUT2D eigenvalue weighted by Crippen LogP contribution is 2.20. The van der Waals surface area contributed by atoms with Crippen LogP contribution in [0, 0.1) is 0 Å². The van der Waals surface area contributed by atoms with Crippen molar-refractivity contribution in [1.82, 2.24) is 4.90 Å². The number of hydrogen-bond donors (Lipinski definition) is 1. The highest BCUT2D eigenvalue weighted by molar-refractivity contribution is 5.62. The predicted octanol–water partition coefficient (Wildman–Crippen LogP) is -0.823. The second-order valence-electron chi connectivity index (χ2n) is 3.25. The minimum absolute atomic E-state index is 0.384. The van der Waals surface area contributed by atoms with Crippen LogP contribution in [0.4, 0.5) is 4.79 Å². The molecule has 1 aliphatic rings. The molecule has 1 N–H and O–H groups in total. The lowest BCUT2D eigenvalue weighted by molar-refractivity contribution is -0.267. The number of rotatable bonds is 0. The zero-order valence-electron chi connectivity index (χ0n) is 6.54. The summed E-state index contributed by atoms with van der Waals surface area (Å²) in [6, 6.07) is 0. The average Bonchev–Trinajstić information content (AvgIpc) is 1.86. The molecule has 1 rings (SSSR count). The first-order chi connectivity index (χ1) is 5.01. The van der Waals surface area contributed by atoms with Crippen molar-refractivity contribution in [2.24, 2.45) is 0 Å². The minimum atomic E-state index is -1.14. The third-order valence-electron chi connectivity index (χ3n) is 2.10. The number of carbonyl (C=O) groups excluding carboxylic acids is 1. The van der Waals surface area contributed by atoms with Crippen LogP contribution in [0.3, 0.4) is 0 Å². The van der Waals surface area contributed by atoms with E-state index in [1.54, 1.807) is 6.92 Å². The van der Waals surface area contributed by atoms with Crippen molar-refractivity contribution >= 4 is 6.09 Å². The van der Waals surface area contributed by atoms with Crippen LogP contribution in [0.25, 0.3) is 0 Å². The summed E-state index contributed by atoms with van der Waals surface area (Å²) in [7, 11) is 0. The van der Waals surface area contributed by atoms with Crippen LogP contribution in [0.1, 0.15) is 19.8 Å². The molecule has 1 fully saturated rings. The molecule has 11 heavy (non-hydrogen) atoms. The van der Waals surface area contributed by atoms with Gasteiger partial charge in [-0.25, -0.2) is 0 Å². The zero-order valence-corrected chi connectivity index (χ0v) is 6.54. The fourth-order valence-corrected chi connectivity index (χ4v) is 1.17. The lowest BCUT2D eigenvalue weighted by Crippen LogP contribution is -2.49. The lowest BCUT2D eigenvalue weighted by atomic mass is 9.94. The Kier molecular flexibility index (Phi) is 2.04. The van der Waals surface area contributed by atoms with E-state index in [1.165, 1.54) is 4.90 Å². The van der Waals surface area contributed by atoms with E-state index in [0.29, 0.717) is 25.9 Å². The number of carboxylic acid groups (broad SMARTS) is 1. The predicted molar refractivity (Wildman–Crippen MR) is 36.8 cm³/mol. The molecule has 0 aromatic rings. The Morgan fingerprint density at radius 2 is 2.00 bits per heavy atom. The molecule has 0 atom stereocenters. The van der Waals surface area contributed by atoms with Crippen LogP contribution in [0.15, 0.2) is 0 Å². The van der Waals surface area contributed by atoms with Gasteiger partial charge in [0, 0.05) is 13.1 Å². The number of carbonyl (C=O) groups is 1. The molecule has 0 saturated carbocycles. The van der Waals surface area contributed by atoms with E-state index < -0.39 is 11.7 Å². The number of piperidine rings is 1. The molecule has 1 saturated heterocycles. The quantitative estimate of drug-likeness (QED) is 0.500. The molecule has 1 aliphatic heterocycles. The monoisotopic (exact) mass is 158 g/mol. The second-order valence-corrected chi connectivity index (χ2v) is 3.25. The maximum absolute atomic E-state index is 10.3. The van der Waals surface area contributed by atoms with Crippen molar-refractivity contribution in [3.63, 3.8) is 0 Å². The highest BCUT2D eigenvalue weighted by atomic mass is 16.4. The molecule has 0 unspecified atom stereocenters. The van der Waals surface area contributed by atoms with Crippen LogP contribution < -0.4 is 5.11 Å². The highest BCUT2D eigenvalue weighted by Gasteiger charge is 2.26. The molecule has 0 aromatic carbocycles. The van der Waals surface area contributed by atoms with Gasteiger partial charge < -0.3 is 19.9 Å². The number of likely N-dealkylation sites (tertiary alicyclic amines) is 1. The van der Waals surface area contributed by atoms with E-state index >= 15 is 0 Å². The fraction of sp³-hybridized carbons (Fsp3) is 0.857. The average molecular weight is 158 g/mol. The van der Waals surface area contributed by atoms with Gasteiger partial charge in [0.2, 0.25) is 0 Å². The van der Waals surface area contributed by atoms with Crippen LogP contribution in [0.2, 0.25) is 0 Å². The maximum Gasteiger partial charge on any atom is 0.136 e. The molecule has 4 heteroatoms. The van der Waals surface area contributed by atoms with Crippen molar-refractivity contribution in [3.05, 3.63) is 0 Å². The lowest BCUT2D eigenvalue weighted by Gasteiger charge is -2.37. The van der Waals surface area contributed by atoms with Crippen molar-refractivity contribution in [2.75, 3.05) is 13.1 Å². The number of amides is 1. The summed E-state index contributed by atoms with van der Waals surface area (Å²) in [6.45, 7) is 2.49. The molecule has 4 nitrogen and oxygen atoms in total. The van der Waals surface area contributed by atoms with E-state index in [4.69, 9.17) is 0 Å². The third kappa shape index (κ3) is 2.08. The largest absolute Gasteiger partial charge is 0.530 e. The van der Waals surface area contributed by atoms with E-state index in [1.807, 2.05) is 0 Å². The van der Waals surface area contributed by atoms with Crippen molar-refractivity contribution in [1.29, 1.82) is 0 Å². The molecule has 64 valence electrons. The van der Waals surface area contributed by atoms with Gasteiger partial charge in [-0.3, -0.25) is 0 Å². The molecule has 0 radical (unpaired) electrons. The molecular formula is C7H12NO3-. The number of nitrogens with zero attached hydrogens (tertiary/aromatic N) is 1. The fourth-order valence-electron chi connectivity index (χ4n) is 1.17. The van der Waals surface area contributed by atoms with Gasteiger partial charge in [-0.1, -0.05) is 0 Å². The van der Waals surface area contributed by atoms with Crippen LogP contribution in [-0.4, -0.2) is 34.8 Å². The molecule has 0 spiro atoms. The third-order valence-corrected chi connectivity index (χ3v) is 2.10. The molecule has 1 amide bonds. The van der Waals surface area contributed by atoms with Crippen molar-refractivity contribution in [3.8, 4) is 0 Å². The molecule has 0 aromatic heterocycles. The minimum Gasteiger partial charge on any atom is -0.530 e. The van der Waals surface area contributed by atoms with Gasteiger partial charge in [0.25, 0.3) is 0 Å². The summed E-state index contributed by atoms with van der Waals surface area (Å²) in [4.78, 5) is 11.5. The first kappa shape index (κ1) is 8.33. The Morgan fingerprint density at radius 3 is 2.36 bits per heavy atom. The Bertz CT molecular complexity index is 157. The van der Waals surface area contributed by atoms with Gasteiger partial charge in [-0.15, -0.1) is 0 Å². The van der Waals surface area contributed by atoms with Crippen molar-refractivity contribution in [2.45, 2.75) is 25.4 Å². The standard InChI is InChI=1S/C7H13NO3/c1-7(11)2-4-8(5-3-7)6(9)10/h11H,2-5H2,1H3,(H,9,10)/p-1. The summed E-state index contributed by atoms with van der Waals surface area (Å²) < 4.78 is 0. The van der Waals surface area contributed by atoms with E-state index in [0.717, 1.165) is 0 Å². The maximum atomic E-state index is 10.3. The number of hydrogen-bond acceptors (Lipinski definition) is 3. The van der Waals surface area contributed by atoms with Gasteiger partial charge in [0.05, 0.1) is 5.60 Å². The zero-order chi connectivity index (χ0) is 8.48. The van der Waals surface area contributed by atoms with E-state index in [2.05, 4.69) is 0 Å². The first-order valence-electron chi connectivity index (χ1n) is 3.70. The van der Waals surface area contributed by atoms with Gasteiger partial charge in [0.1, 0.15) is 6.09 Å². The van der Waals surface area contributed by atoms with Crippen LogP contribution >= 0.6 is 0 Å². The smallest absolute Gasteiger partial charge is 0.136 e. The normalized spacial score (nSPS) is 23.3. The molecule has 0 bridgehead atoms. The summed E-state index contributed by atoms with van der Waals surface area (Å²) in [5.41, 5.74) is -0.689. The SMILES string of the molecule is CC1(O)CCN(C(=O)[O-])CC1. The van der Waals surface area contributed by atoms with Gasteiger partial charge in [0.15, 0.2) is 0 Å². The summed E-state index contributed by atoms with van der Waals surface area (Å²) >= 11 is 0. The van der Waals surface area contributed by atoms with Crippen LogP contribution in [-0.2, 0) is 0 Å². The topological polar surface area (TPSA) is 63.6 Å². The molecular weight excluding hydrogens is 146 g/mol. The van der Waals surface area contributed by atoms with Crippen LogP contribution in [0.5, 0.6) is 0 Å². The van der Waals surface area contributed by atoms with Crippen molar-refractivity contribution < 1.29 is 15.0 Å². The Balaban J connectivity index is 2.42.